The van der Waals surface area contributed by atoms with Gasteiger partial charge in [0.1, 0.15) is 25.6 Å². The molecule has 1 saturated heterocycles. The van der Waals surface area contributed by atoms with E-state index in [-0.39, 0.29) is 17.7 Å². The second kappa shape index (κ2) is 11.5. The molecule has 3 heterocycles. The number of rotatable bonds is 10. The molecular formula is C29H31N3O7. The summed E-state index contributed by atoms with van der Waals surface area (Å²) in [7, 11) is 0. The molecule has 0 saturated carbocycles. The Bertz CT molecular complexity index is 1380. The predicted molar refractivity (Wildman–Crippen MR) is 138 cm³/mol. The first-order valence-electron chi connectivity index (χ1n) is 13.1. The van der Waals surface area contributed by atoms with Gasteiger partial charge in [-0.3, -0.25) is 14.6 Å². The molecule has 10 nitrogen and oxygen atoms in total. The molecule has 2 aliphatic heterocycles. The molecule has 1 unspecified atom stereocenters. The Morgan fingerprint density at radius 1 is 1.05 bits per heavy atom. The molecule has 0 radical (unpaired) electrons. The molecule has 0 spiro atoms. The van der Waals surface area contributed by atoms with Gasteiger partial charge in [-0.1, -0.05) is 17.9 Å². The zero-order chi connectivity index (χ0) is 27.4. The van der Waals surface area contributed by atoms with Gasteiger partial charge in [0.25, 0.3) is 5.91 Å². The fraction of sp³-hybridized carbons (Fsp3) is 0.345. The third kappa shape index (κ3) is 5.27. The highest BCUT2D eigenvalue weighted by Crippen LogP contribution is 2.42. The molecule has 5 rings (SSSR count). The van der Waals surface area contributed by atoms with Crippen molar-refractivity contribution in [2.24, 2.45) is 0 Å². The highest BCUT2D eigenvalue weighted by molar-refractivity contribution is 6.46. The molecule has 39 heavy (non-hydrogen) atoms. The van der Waals surface area contributed by atoms with Crippen molar-refractivity contribution in [1.29, 1.82) is 0 Å². The van der Waals surface area contributed by atoms with Gasteiger partial charge in [-0.25, -0.2) is 4.57 Å². The number of benzene rings is 2. The molecule has 204 valence electrons. The van der Waals surface area contributed by atoms with Gasteiger partial charge in [0.15, 0.2) is 23.0 Å². The number of likely N-dealkylation sites (tertiary alicyclic amines) is 1. The van der Waals surface area contributed by atoms with Crippen molar-refractivity contribution >= 4 is 17.4 Å². The number of Topliss-reactive ketones (excluding diaryl/α,β-unsaturated/α-hetero) is 1. The number of hydrogen-bond donors (Lipinski definition) is 1. The second-order valence-corrected chi connectivity index (χ2v) is 9.11. The van der Waals surface area contributed by atoms with E-state index in [1.54, 1.807) is 42.6 Å². The summed E-state index contributed by atoms with van der Waals surface area (Å²) < 4.78 is 24.7. The summed E-state index contributed by atoms with van der Waals surface area (Å²) in [6, 6.07) is 9.19. The number of imidazole rings is 1. The van der Waals surface area contributed by atoms with Crippen molar-refractivity contribution < 1.29 is 38.2 Å². The fourth-order valence-electron chi connectivity index (χ4n) is 4.91. The highest BCUT2D eigenvalue weighted by atomic mass is 16.6. The molecule has 1 N–H and O–H groups in total. The lowest BCUT2D eigenvalue weighted by Gasteiger charge is -2.28. The molecule has 1 aromatic heterocycles. The van der Waals surface area contributed by atoms with Gasteiger partial charge in [0.2, 0.25) is 12.1 Å². The Morgan fingerprint density at radius 3 is 2.56 bits per heavy atom. The van der Waals surface area contributed by atoms with Gasteiger partial charge < -0.3 is 29.0 Å². The zero-order valence-electron chi connectivity index (χ0n) is 22.0. The number of aromatic nitrogens is 2. The van der Waals surface area contributed by atoms with Crippen LogP contribution < -0.4 is 28.6 Å². The third-order valence-corrected chi connectivity index (χ3v) is 6.63. The molecule has 2 aromatic carbocycles. The minimum absolute atomic E-state index is 0.0995. The number of aryl methyl sites for hydroxylation is 1. The maximum atomic E-state index is 13.9. The quantitative estimate of drug-likeness (QED) is 0.184. The smallest absolute Gasteiger partial charge is 0.295 e. The Balaban J connectivity index is 1.57. The van der Waals surface area contributed by atoms with Gasteiger partial charge in [0.05, 0.1) is 25.8 Å². The summed E-state index contributed by atoms with van der Waals surface area (Å²) in [5, 5.41) is 13.9. The van der Waals surface area contributed by atoms with Crippen LogP contribution in [0.1, 0.15) is 37.4 Å². The third-order valence-electron chi connectivity index (χ3n) is 6.63. The maximum absolute atomic E-state index is 13.9. The first-order valence-corrected chi connectivity index (χ1v) is 13.1. The summed E-state index contributed by atoms with van der Waals surface area (Å²) in [6.07, 6.45) is 6.09. The van der Waals surface area contributed by atoms with E-state index < -0.39 is 23.5 Å². The number of H-pyrrole nitrogens is 1. The predicted octanol–water partition coefficient (Wildman–Crippen LogP) is 2.19. The van der Waals surface area contributed by atoms with Crippen LogP contribution in [0.5, 0.6) is 23.0 Å². The lowest BCUT2D eigenvalue weighted by molar-refractivity contribution is -0.695. The Hall–Kier alpha value is -4.47. The molecule has 3 aromatic rings. The van der Waals surface area contributed by atoms with Crippen molar-refractivity contribution in [2.45, 2.75) is 32.9 Å². The number of carbonyl (C=O) groups is 2. The Kier molecular flexibility index (Phi) is 7.72. The summed E-state index contributed by atoms with van der Waals surface area (Å²) >= 11 is 0. The van der Waals surface area contributed by atoms with Crippen molar-refractivity contribution in [1.82, 2.24) is 9.88 Å². The fourth-order valence-corrected chi connectivity index (χ4v) is 4.91. The summed E-state index contributed by atoms with van der Waals surface area (Å²) in [5.41, 5.74) is 0.745. The zero-order valence-corrected chi connectivity index (χ0v) is 22.0. The first-order chi connectivity index (χ1) is 19.0. The number of carbonyl (C=O) groups excluding carboxylic acids is 2. The van der Waals surface area contributed by atoms with Gasteiger partial charge in [-0.15, -0.1) is 0 Å². The molecule has 0 aliphatic carbocycles. The van der Waals surface area contributed by atoms with Gasteiger partial charge in [-0.05, 0) is 49.2 Å². The van der Waals surface area contributed by atoms with Gasteiger partial charge >= 0.3 is 0 Å². The van der Waals surface area contributed by atoms with Gasteiger partial charge in [-0.2, -0.15) is 0 Å². The van der Waals surface area contributed by atoms with Crippen LogP contribution in [0.15, 0.2) is 60.7 Å². The Morgan fingerprint density at radius 2 is 1.82 bits per heavy atom. The average Bonchev–Trinajstić information content (AvgIpc) is 3.56. The SMILES string of the molecule is CCOc1ccc(C2C(=C([O-])c3ccc4c(c3)OCCO4)C(=O)C(=O)N2CCC[n+]2cc[nH]c2)cc1OCC. The number of fused-ring (bicyclic) bond motifs is 1. The van der Waals surface area contributed by atoms with E-state index in [1.165, 1.54) is 4.90 Å². The monoisotopic (exact) mass is 533 g/mol. The lowest BCUT2D eigenvalue weighted by Crippen LogP contribution is -2.36. The van der Waals surface area contributed by atoms with Crippen LogP contribution in [0.2, 0.25) is 0 Å². The van der Waals surface area contributed by atoms with E-state index in [2.05, 4.69) is 4.98 Å². The van der Waals surface area contributed by atoms with Crippen molar-refractivity contribution in [3.63, 3.8) is 0 Å². The molecule has 0 bridgehead atoms. The van der Waals surface area contributed by atoms with Crippen molar-refractivity contribution in [3.8, 4) is 23.0 Å². The van der Waals surface area contributed by atoms with Crippen LogP contribution in [-0.2, 0) is 16.1 Å². The Labute approximate surface area is 226 Å². The van der Waals surface area contributed by atoms with E-state index >= 15 is 0 Å². The number of ether oxygens (including phenoxy) is 4. The van der Waals surface area contributed by atoms with E-state index in [1.807, 2.05) is 30.9 Å². The van der Waals surface area contributed by atoms with Crippen LogP contribution in [-0.4, -0.2) is 54.5 Å². The van der Waals surface area contributed by atoms with E-state index in [4.69, 9.17) is 18.9 Å². The number of amides is 1. The standard InChI is InChI=1S/C29H31N3O7/c1-3-36-21-8-6-19(16-23(21)37-4-2)26-25(27(33)20-7-9-22-24(17-20)39-15-14-38-22)28(34)29(35)32(26)12-5-11-31-13-10-30-18-31/h6-10,13,16-18,26H,3-5,11-12,14-15H2,1-2H3,(H,33,34). The molecule has 1 amide bonds. The van der Waals surface area contributed by atoms with E-state index in [9.17, 15) is 14.7 Å². The van der Waals surface area contributed by atoms with Gasteiger partial charge in [0, 0.05) is 18.5 Å². The summed E-state index contributed by atoms with van der Waals surface area (Å²) in [6.45, 7) is 6.27. The average molecular weight is 534 g/mol. The molecule has 1 atom stereocenters. The normalized spacial score (nSPS) is 17.9. The first kappa shape index (κ1) is 26.1. The van der Waals surface area contributed by atoms with E-state index in [0.29, 0.717) is 68.0 Å². The van der Waals surface area contributed by atoms with E-state index in [0.717, 1.165) is 0 Å². The number of hydrogen-bond acceptors (Lipinski definition) is 7. The molecule has 2 aliphatic rings. The van der Waals surface area contributed by atoms with Crippen LogP contribution >= 0.6 is 0 Å². The molecule has 1 fully saturated rings. The largest absolute Gasteiger partial charge is 0.872 e. The minimum Gasteiger partial charge on any atom is -0.872 e. The van der Waals surface area contributed by atoms with Crippen LogP contribution in [0.4, 0.5) is 0 Å². The minimum atomic E-state index is -0.878. The molecular weight excluding hydrogens is 502 g/mol. The lowest BCUT2D eigenvalue weighted by atomic mass is 9.94. The second-order valence-electron chi connectivity index (χ2n) is 9.11. The summed E-state index contributed by atoms with van der Waals surface area (Å²) in [5.74, 6) is -0.0324. The molecule has 10 heteroatoms. The highest BCUT2D eigenvalue weighted by Gasteiger charge is 2.44. The van der Waals surface area contributed by atoms with Crippen molar-refractivity contribution in [3.05, 3.63) is 71.8 Å². The number of nitrogens with zero attached hydrogens (tertiary/aromatic N) is 2. The maximum Gasteiger partial charge on any atom is 0.295 e. The van der Waals surface area contributed by atoms with Crippen molar-refractivity contribution in [2.75, 3.05) is 33.0 Å². The van der Waals surface area contributed by atoms with Crippen LogP contribution in [0, 0.1) is 0 Å². The van der Waals surface area contributed by atoms with Crippen LogP contribution in [0.3, 0.4) is 0 Å². The number of ketones is 1. The van der Waals surface area contributed by atoms with Crippen LogP contribution in [0.25, 0.3) is 5.76 Å². The topological polar surface area (TPSA) is 117 Å². The summed E-state index contributed by atoms with van der Waals surface area (Å²) in [4.78, 5) is 31.2. The number of aromatic amines is 1. The number of nitrogens with one attached hydrogen (secondary N) is 1.